The summed E-state index contributed by atoms with van der Waals surface area (Å²) >= 11 is 1.71. The van der Waals surface area contributed by atoms with Crippen LogP contribution in [0.3, 0.4) is 0 Å². The lowest BCUT2D eigenvalue weighted by atomic mass is 10.2. The Kier molecular flexibility index (Phi) is 5.51. The monoisotopic (exact) mass is 297 g/mol. The van der Waals surface area contributed by atoms with E-state index in [9.17, 15) is 4.79 Å². The van der Waals surface area contributed by atoms with Crippen molar-refractivity contribution in [3.63, 3.8) is 0 Å². The summed E-state index contributed by atoms with van der Waals surface area (Å²) in [6.45, 7) is 8.76. The summed E-state index contributed by atoms with van der Waals surface area (Å²) < 4.78 is 5.27. The molecular weight excluding hydrogens is 274 g/mol. The van der Waals surface area contributed by atoms with Gasteiger partial charge in [0.2, 0.25) is 5.91 Å². The van der Waals surface area contributed by atoms with Crippen LogP contribution in [-0.4, -0.2) is 48.1 Å². The summed E-state index contributed by atoms with van der Waals surface area (Å²) in [6.07, 6.45) is 2.93. The molecule has 1 N–H and O–H groups in total. The zero-order valence-corrected chi connectivity index (χ0v) is 13.2. The molecule has 0 aromatic carbocycles. The third-order valence-corrected chi connectivity index (χ3v) is 4.81. The molecule has 0 saturated carbocycles. The molecule has 2 rings (SSSR count). The minimum Gasteiger partial charge on any atom is -0.378 e. The maximum atomic E-state index is 12.3. The highest BCUT2D eigenvalue weighted by Crippen LogP contribution is 2.20. The molecule has 0 radical (unpaired) electrons. The lowest BCUT2D eigenvalue weighted by Gasteiger charge is -2.30. The molecule has 0 spiro atoms. The van der Waals surface area contributed by atoms with Crippen molar-refractivity contribution < 1.29 is 9.53 Å². The van der Waals surface area contributed by atoms with Gasteiger partial charge < -0.3 is 9.64 Å². The van der Waals surface area contributed by atoms with Gasteiger partial charge in [0, 0.05) is 24.2 Å². The van der Waals surface area contributed by atoms with E-state index in [0.29, 0.717) is 26.3 Å². The molecule has 1 aromatic rings. The number of carbonyl (C=O) groups excluding carboxylic acids is 1. The van der Waals surface area contributed by atoms with Gasteiger partial charge in [0.05, 0.1) is 25.3 Å². The fourth-order valence-corrected chi connectivity index (χ4v) is 3.13. The van der Waals surface area contributed by atoms with E-state index in [-0.39, 0.29) is 18.0 Å². The lowest BCUT2D eigenvalue weighted by molar-refractivity contribution is -0.137. The van der Waals surface area contributed by atoms with Crippen LogP contribution < -0.4 is 5.32 Å². The van der Waals surface area contributed by atoms with Gasteiger partial charge in [0.25, 0.3) is 0 Å². The second kappa shape index (κ2) is 7.15. The van der Waals surface area contributed by atoms with E-state index < -0.39 is 0 Å². The average Bonchev–Trinajstić information content (AvgIpc) is 2.96. The van der Waals surface area contributed by atoms with Crippen molar-refractivity contribution in [2.75, 3.05) is 26.3 Å². The molecular formula is C14H23N3O2S. The zero-order valence-electron chi connectivity index (χ0n) is 12.4. The molecule has 0 aliphatic carbocycles. The molecule has 112 valence electrons. The first kappa shape index (κ1) is 15.4. The van der Waals surface area contributed by atoms with Crippen LogP contribution in [0.2, 0.25) is 0 Å². The van der Waals surface area contributed by atoms with Crippen LogP contribution >= 0.6 is 11.3 Å². The first-order valence-corrected chi connectivity index (χ1v) is 8.00. The van der Waals surface area contributed by atoms with Crippen molar-refractivity contribution in [3.05, 3.63) is 16.1 Å². The van der Waals surface area contributed by atoms with E-state index >= 15 is 0 Å². The highest BCUT2D eigenvalue weighted by molar-refractivity contribution is 7.11. The summed E-state index contributed by atoms with van der Waals surface area (Å²) in [7, 11) is 0. The number of ether oxygens (including phenoxy) is 1. The van der Waals surface area contributed by atoms with E-state index in [4.69, 9.17) is 4.74 Å². The molecule has 0 bridgehead atoms. The third-order valence-electron chi connectivity index (χ3n) is 3.48. The number of hydrogen-bond donors (Lipinski definition) is 1. The molecule has 1 aliphatic heterocycles. The van der Waals surface area contributed by atoms with Crippen molar-refractivity contribution >= 4 is 17.2 Å². The van der Waals surface area contributed by atoms with Gasteiger partial charge in [-0.25, -0.2) is 4.98 Å². The number of morpholine rings is 1. The minimum atomic E-state index is -0.197. The summed E-state index contributed by atoms with van der Waals surface area (Å²) in [5, 5.41) is 4.39. The number of thiazole rings is 1. The number of nitrogens with zero attached hydrogens (tertiary/aromatic N) is 2. The van der Waals surface area contributed by atoms with E-state index in [1.54, 1.807) is 11.3 Å². The second-order valence-corrected chi connectivity index (χ2v) is 6.21. The molecule has 1 saturated heterocycles. The predicted molar refractivity (Wildman–Crippen MR) is 79.9 cm³/mol. The molecule has 2 heterocycles. The van der Waals surface area contributed by atoms with Gasteiger partial charge in [-0.05, 0) is 20.3 Å². The molecule has 20 heavy (non-hydrogen) atoms. The van der Waals surface area contributed by atoms with Gasteiger partial charge in [-0.2, -0.15) is 0 Å². The van der Waals surface area contributed by atoms with Gasteiger partial charge >= 0.3 is 0 Å². The number of rotatable bonds is 5. The highest BCUT2D eigenvalue weighted by Gasteiger charge is 2.24. The van der Waals surface area contributed by atoms with Crippen LogP contribution in [0.5, 0.6) is 0 Å². The van der Waals surface area contributed by atoms with Crippen LogP contribution in [0.1, 0.15) is 36.7 Å². The highest BCUT2D eigenvalue weighted by atomic mass is 32.1. The Balaban J connectivity index is 1.89. The van der Waals surface area contributed by atoms with Crippen molar-refractivity contribution in [3.8, 4) is 0 Å². The Morgan fingerprint density at radius 1 is 1.50 bits per heavy atom. The summed E-state index contributed by atoms with van der Waals surface area (Å²) in [6, 6.07) is -0.0997. The Morgan fingerprint density at radius 2 is 2.20 bits per heavy atom. The molecule has 1 fully saturated rings. The van der Waals surface area contributed by atoms with Crippen molar-refractivity contribution in [1.82, 2.24) is 15.2 Å². The first-order chi connectivity index (χ1) is 9.61. The van der Waals surface area contributed by atoms with E-state index in [0.717, 1.165) is 11.4 Å². The summed E-state index contributed by atoms with van der Waals surface area (Å²) in [4.78, 5) is 19.9. The molecule has 2 unspecified atom stereocenters. The van der Waals surface area contributed by atoms with Gasteiger partial charge in [0.1, 0.15) is 5.01 Å². The molecule has 1 aliphatic rings. The second-order valence-electron chi connectivity index (χ2n) is 5.07. The fourth-order valence-electron chi connectivity index (χ4n) is 2.26. The summed E-state index contributed by atoms with van der Waals surface area (Å²) in [5.74, 6) is 0.146. The first-order valence-electron chi connectivity index (χ1n) is 7.19. The van der Waals surface area contributed by atoms with Crippen molar-refractivity contribution in [1.29, 1.82) is 0 Å². The van der Waals surface area contributed by atoms with Crippen LogP contribution in [0.25, 0.3) is 0 Å². The third kappa shape index (κ3) is 3.77. The molecule has 1 amide bonds. The fraction of sp³-hybridized carbons (Fsp3) is 0.714. The zero-order chi connectivity index (χ0) is 14.5. The number of carbonyl (C=O) groups is 1. The number of nitrogens with one attached hydrogen (secondary N) is 1. The molecule has 2 atom stereocenters. The normalized spacial score (nSPS) is 18.9. The van der Waals surface area contributed by atoms with Gasteiger partial charge in [-0.15, -0.1) is 11.3 Å². The van der Waals surface area contributed by atoms with E-state index in [2.05, 4.69) is 24.1 Å². The summed E-state index contributed by atoms with van der Waals surface area (Å²) in [5.41, 5.74) is 0. The molecule has 1 aromatic heterocycles. The van der Waals surface area contributed by atoms with Crippen LogP contribution in [0, 0.1) is 0 Å². The predicted octanol–water partition coefficient (Wildman–Crippen LogP) is 1.60. The van der Waals surface area contributed by atoms with E-state index in [1.807, 2.05) is 18.0 Å². The number of aromatic nitrogens is 1. The van der Waals surface area contributed by atoms with Crippen LogP contribution in [0.4, 0.5) is 0 Å². The number of hydrogen-bond acceptors (Lipinski definition) is 5. The Hall–Kier alpha value is -0.980. The largest absolute Gasteiger partial charge is 0.378 e. The van der Waals surface area contributed by atoms with Crippen molar-refractivity contribution in [2.45, 2.75) is 39.3 Å². The van der Waals surface area contributed by atoms with Crippen molar-refractivity contribution in [2.24, 2.45) is 0 Å². The maximum Gasteiger partial charge on any atom is 0.239 e. The number of amides is 1. The number of aryl methyl sites for hydroxylation is 1. The van der Waals surface area contributed by atoms with Gasteiger partial charge in [-0.1, -0.05) is 6.92 Å². The SMILES string of the molecule is CCc1cnc(C(C)NC(C)C(=O)N2CCOCC2)s1. The quantitative estimate of drug-likeness (QED) is 0.897. The van der Waals surface area contributed by atoms with E-state index in [1.165, 1.54) is 4.88 Å². The lowest BCUT2D eigenvalue weighted by Crippen LogP contribution is -2.49. The standard InChI is InChI=1S/C14H23N3O2S/c1-4-12-9-15-13(20-12)10(2)16-11(3)14(18)17-5-7-19-8-6-17/h9-11,16H,4-8H2,1-3H3. The smallest absolute Gasteiger partial charge is 0.239 e. The average molecular weight is 297 g/mol. The Labute approximate surface area is 124 Å². The minimum absolute atomic E-state index is 0.0975. The van der Waals surface area contributed by atoms with Crippen LogP contribution in [0.15, 0.2) is 6.20 Å². The Morgan fingerprint density at radius 3 is 2.80 bits per heavy atom. The van der Waals surface area contributed by atoms with Gasteiger partial charge in [0.15, 0.2) is 0 Å². The maximum absolute atomic E-state index is 12.3. The Bertz CT molecular complexity index is 443. The molecule has 5 nitrogen and oxygen atoms in total. The van der Waals surface area contributed by atoms with Gasteiger partial charge in [-0.3, -0.25) is 10.1 Å². The van der Waals surface area contributed by atoms with Crippen LogP contribution in [-0.2, 0) is 16.0 Å². The topological polar surface area (TPSA) is 54.5 Å². The molecule has 6 heteroatoms.